The number of nitriles is 1. The molecule has 0 amide bonds. The molecule has 0 fully saturated rings. The van der Waals surface area contributed by atoms with Crippen LogP contribution in [0.1, 0.15) is 5.69 Å². The minimum Gasteiger partial charge on any atom is -0.254 e. The molecule has 0 N–H and O–H groups in total. The molecule has 0 bridgehead atoms. The number of nitrogens with zero attached hydrogens (tertiary/aromatic N) is 2. The Morgan fingerprint density at radius 2 is 2.27 bits per heavy atom. The Balaban J connectivity index is 3.01. The van der Waals surface area contributed by atoms with E-state index in [1.54, 1.807) is 6.07 Å². The van der Waals surface area contributed by atoms with Crippen molar-refractivity contribution in [3.05, 3.63) is 29.6 Å². The smallest absolute Gasteiger partial charge is 0.148 e. The van der Waals surface area contributed by atoms with Crippen LogP contribution in [0.15, 0.2) is 12.3 Å². The second-order valence-corrected chi connectivity index (χ2v) is 1.92. The maximum Gasteiger partial charge on any atom is 0.148 e. The highest BCUT2D eigenvalue weighted by Gasteiger charge is 2.03. The van der Waals surface area contributed by atoms with Gasteiger partial charge in [-0.15, -0.1) is 0 Å². The van der Waals surface area contributed by atoms with E-state index in [4.69, 9.17) is 5.26 Å². The van der Waals surface area contributed by atoms with Gasteiger partial charge in [0.25, 0.3) is 0 Å². The Labute approximate surface area is 62.1 Å². The van der Waals surface area contributed by atoms with Crippen LogP contribution in [0, 0.1) is 23.0 Å². The lowest BCUT2D eigenvalue weighted by Crippen LogP contribution is -1.94. The number of hydrogen-bond acceptors (Lipinski definition) is 2. The highest BCUT2D eigenvalue weighted by Crippen LogP contribution is 2.05. The van der Waals surface area contributed by atoms with Crippen LogP contribution in [0.3, 0.4) is 0 Å². The topological polar surface area (TPSA) is 36.7 Å². The molecular weight excluding hydrogens is 150 g/mol. The van der Waals surface area contributed by atoms with Crippen LogP contribution in [0.2, 0.25) is 0 Å². The van der Waals surface area contributed by atoms with Gasteiger partial charge < -0.3 is 0 Å². The Morgan fingerprint density at radius 3 is 2.82 bits per heavy atom. The zero-order valence-corrected chi connectivity index (χ0v) is 5.51. The van der Waals surface area contributed by atoms with Crippen molar-refractivity contribution < 1.29 is 8.78 Å². The molecule has 0 saturated carbocycles. The largest absolute Gasteiger partial charge is 0.254 e. The van der Waals surface area contributed by atoms with Gasteiger partial charge in [-0.25, -0.2) is 8.78 Å². The number of halogens is 2. The lowest BCUT2D eigenvalue weighted by molar-refractivity contribution is 0.562. The predicted molar refractivity (Wildman–Crippen MR) is 33.5 cm³/mol. The molecule has 1 rings (SSSR count). The normalized spacial score (nSPS) is 9.18. The van der Waals surface area contributed by atoms with Crippen molar-refractivity contribution in [3.63, 3.8) is 0 Å². The quantitative estimate of drug-likeness (QED) is 0.613. The van der Waals surface area contributed by atoms with E-state index in [1.807, 2.05) is 0 Å². The van der Waals surface area contributed by atoms with E-state index < -0.39 is 11.6 Å². The van der Waals surface area contributed by atoms with E-state index in [0.29, 0.717) is 6.07 Å². The van der Waals surface area contributed by atoms with Crippen LogP contribution in [-0.4, -0.2) is 4.98 Å². The Hall–Kier alpha value is -1.50. The molecule has 0 aromatic carbocycles. The molecule has 0 radical (unpaired) electrons. The van der Waals surface area contributed by atoms with Gasteiger partial charge in [-0.1, -0.05) is 0 Å². The van der Waals surface area contributed by atoms with E-state index in [0.717, 1.165) is 6.20 Å². The third kappa shape index (κ3) is 1.71. The number of hydrogen-bond donors (Lipinski definition) is 0. The zero-order valence-electron chi connectivity index (χ0n) is 5.51. The van der Waals surface area contributed by atoms with Crippen LogP contribution in [0.5, 0.6) is 0 Å². The Morgan fingerprint density at radius 1 is 1.55 bits per heavy atom. The molecule has 4 heteroatoms. The fraction of sp³-hybridized carbons (Fsp3) is 0.143. The minimum absolute atomic E-state index is 0.0195. The SMILES string of the molecule is N#CCc1ncc(F)cc1F. The maximum absolute atomic E-state index is 12.6. The van der Waals surface area contributed by atoms with Crippen molar-refractivity contribution in [1.29, 1.82) is 5.26 Å². The average Bonchev–Trinajstić information content (AvgIpc) is 1.95. The summed E-state index contributed by atoms with van der Waals surface area (Å²) in [5, 5.41) is 8.16. The monoisotopic (exact) mass is 154 g/mol. The van der Waals surface area contributed by atoms with Gasteiger partial charge >= 0.3 is 0 Å². The van der Waals surface area contributed by atoms with Gasteiger partial charge in [0.15, 0.2) is 0 Å². The van der Waals surface area contributed by atoms with Gasteiger partial charge in [0.05, 0.1) is 24.4 Å². The van der Waals surface area contributed by atoms with Crippen molar-refractivity contribution in [2.75, 3.05) is 0 Å². The highest BCUT2D eigenvalue weighted by molar-refractivity contribution is 5.11. The van der Waals surface area contributed by atoms with Crippen molar-refractivity contribution in [3.8, 4) is 6.07 Å². The summed E-state index contributed by atoms with van der Waals surface area (Å²) in [6.07, 6.45) is 0.752. The maximum atomic E-state index is 12.6. The van der Waals surface area contributed by atoms with Gasteiger partial charge in [0, 0.05) is 6.07 Å². The van der Waals surface area contributed by atoms with E-state index in [9.17, 15) is 8.78 Å². The molecule has 2 nitrogen and oxygen atoms in total. The molecule has 0 saturated heterocycles. The van der Waals surface area contributed by atoms with E-state index in [1.165, 1.54) is 0 Å². The molecule has 56 valence electrons. The third-order valence-electron chi connectivity index (χ3n) is 1.13. The standard InChI is InChI=1S/C7H4F2N2/c8-5-3-6(9)7(1-2-10)11-4-5/h3-4H,1H2. The van der Waals surface area contributed by atoms with Crippen LogP contribution in [0.4, 0.5) is 8.78 Å². The molecule has 0 aliphatic carbocycles. The Kier molecular flexibility index (Phi) is 2.12. The number of aromatic nitrogens is 1. The van der Waals surface area contributed by atoms with Crippen molar-refractivity contribution in [2.45, 2.75) is 6.42 Å². The average molecular weight is 154 g/mol. The van der Waals surface area contributed by atoms with Crippen molar-refractivity contribution >= 4 is 0 Å². The van der Waals surface area contributed by atoms with Gasteiger partial charge in [-0.05, 0) is 0 Å². The van der Waals surface area contributed by atoms with Gasteiger partial charge in [-0.2, -0.15) is 5.26 Å². The van der Waals surface area contributed by atoms with E-state index in [2.05, 4.69) is 4.98 Å². The summed E-state index contributed by atoms with van der Waals surface area (Å²) in [6, 6.07) is 2.43. The van der Waals surface area contributed by atoms with Gasteiger partial charge in [-0.3, -0.25) is 4.98 Å². The first-order valence-corrected chi connectivity index (χ1v) is 2.91. The summed E-state index contributed by atoms with van der Waals surface area (Å²) < 4.78 is 24.8. The zero-order chi connectivity index (χ0) is 8.27. The first-order valence-electron chi connectivity index (χ1n) is 2.91. The molecule has 0 spiro atoms. The second kappa shape index (κ2) is 3.06. The molecule has 1 heterocycles. The van der Waals surface area contributed by atoms with Crippen LogP contribution in [0.25, 0.3) is 0 Å². The summed E-state index contributed by atoms with van der Waals surface area (Å²) in [5.41, 5.74) is -0.0195. The summed E-state index contributed by atoms with van der Waals surface area (Å²) in [7, 11) is 0. The van der Waals surface area contributed by atoms with E-state index >= 15 is 0 Å². The summed E-state index contributed by atoms with van der Waals surface area (Å²) >= 11 is 0. The lowest BCUT2D eigenvalue weighted by Gasteiger charge is -1.94. The minimum atomic E-state index is -0.772. The molecule has 0 atom stereocenters. The highest BCUT2D eigenvalue weighted by atomic mass is 19.1. The lowest BCUT2D eigenvalue weighted by atomic mass is 10.3. The Bertz CT molecular complexity index is 304. The molecule has 0 aliphatic rings. The summed E-state index contributed by atoms with van der Waals surface area (Å²) in [6.45, 7) is 0. The molecule has 1 aromatic heterocycles. The van der Waals surface area contributed by atoms with Crippen LogP contribution >= 0.6 is 0 Å². The second-order valence-electron chi connectivity index (χ2n) is 1.92. The predicted octanol–water partition coefficient (Wildman–Crippen LogP) is 1.43. The fourth-order valence-corrected chi connectivity index (χ4v) is 0.648. The fourth-order valence-electron chi connectivity index (χ4n) is 0.648. The van der Waals surface area contributed by atoms with Crippen LogP contribution < -0.4 is 0 Å². The molecule has 11 heavy (non-hydrogen) atoms. The summed E-state index contributed by atoms with van der Waals surface area (Å²) in [4.78, 5) is 3.40. The molecular formula is C7H4F2N2. The van der Waals surface area contributed by atoms with Gasteiger partial charge in [0.1, 0.15) is 11.6 Å². The van der Waals surface area contributed by atoms with Gasteiger partial charge in [0.2, 0.25) is 0 Å². The first-order chi connectivity index (χ1) is 5.24. The third-order valence-corrected chi connectivity index (χ3v) is 1.13. The summed E-state index contributed by atoms with van der Waals surface area (Å²) in [5.74, 6) is -1.50. The van der Waals surface area contributed by atoms with Crippen molar-refractivity contribution in [2.24, 2.45) is 0 Å². The number of pyridine rings is 1. The van der Waals surface area contributed by atoms with Crippen molar-refractivity contribution in [1.82, 2.24) is 4.98 Å². The molecule has 1 aromatic rings. The molecule has 0 unspecified atom stereocenters. The first kappa shape index (κ1) is 7.61. The van der Waals surface area contributed by atoms with Crippen LogP contribution in [-0.2, 0) is 6.42 Å². The van der Waals surface area contributed by atoms with E-state index in [-0.39, 0.29) is 12.1 Å². The number of rotatable bonds is 1. The molecule has 0 aliphatic heterocycles.